The SMILES string of the molecule is COC1=C(Cl)C=CC(=C\c2c(C)nc3c(C#N)c(C(F)F)nn3c2N2CC(O)C2)/C1=N/C=C/F. The largest absolute Gasteiger partial charge is 0.493 e. The van der Waals surface area contributed by atoms with E-state index in [1.807, 2.05) is 0 Å². The van der Waals surface area contributed by atoms with E-state index in [0.717, 1.165) is 6.20 Å². The minimum absolute atomic E-state index is 0.0113. The van der Waals surface area contributed by atoms with E-state index in [0.29, 0.717) is 22.6 Å². The summed E-state index contributed by atoms with van der Waals surface area (Å²) in [5, 5.41) is 23.6. The number of aryl methyl sites for hydroxylation is 1. The van der Waals surface area contributed by atoms with Crippen LogP contribution >= 0.6 is 11.6 Å². The van der Waals surface area contributed by atoms with E-state index in [4.69, 9.17) is 16.3 Å². The fraction of sp³-hybridized carbons (Fsp3) is 0.273. The standard InChI is InChI=1S/C22H18ClF3N6O2/c1-11-14(7-12-3-4-16(23)19(34-2)17(12)28-6-5-24)22(31-9-13(33)10-31)32-21(29-11)15(8-27)18(30-32)20(25)26/h3-7,13,20,33H,9-10H2,1-2H3/b6-5+,12-7+,28-17-. The number of β-amino-alcohol motifs (C(OH)–C–C–N with tert-alkyl or cyclic N) is 1. The predicted molar refractivity (Wildman–Crippen MR) is 120 cm³/mol. The third-order valence-corrected chi connectivity index (χ3v) is 5.65. The number of hydrogen-bond donors (Lipinski definition) is 1. The monoisotopic (exact) mass is 490 g/mol. The molecular weight excluding hydrogens is 473 g/mol. The fourth-order valence-electron chi connectivity index (χ4n) is 3.80. The Bertz CT molecular complexity index is 1350. The number of nitriles is 1. The van der Waals surface area contributed by atoms with Crippen LogP contribution in [0.25, 0.3) is 11.7 Å². The Kier molecular flexibility index (Phi) is 6.45. The van der Waals surface area contributed by atoms with Crippen molar-refractivity contribution >= 4 is 34.9 Å². The average Bonchev–Trinajstić information content (AvgIpc) is 3.15. The lowest BCUT2D eigenvalue weighted by Gasteiger charge is -2.38. The van der Waals surface area contributed by atoms with Crippen molar-refractivity contribution in [2.24, 2.45) is 4.99 Å². The summed E-state index contributed by atoms with van der Waals surface area (Å²) < 4.78 is 46.4. The highest BCUT2D eigenvalue weighted by molar-refractivity contribution is 6.36. The van der Waals surface area contributed by atoms with Gasteiger partial charge in [0, 0.05) is 24.2 Å². The summed E-state index contributed by atoms with van der Waals surface area (Å²) in [6.45, 7) is 2.13. The Balaban J connectivity index is 2.00. The summed E-state index contributed by atoms with van der Waals surface area (Å²) in [5.41, 5.74) is 0.619. The van der Waals surface area contributed by atoms with Crippen molar-refractivity contribution in [2.75, 3.05) is 25.1 Å². The number of allylic oxidation sites excluding steroid dienone is 4. The van der Waals surface area contributed by atoms with Gasteiger partial charge < -0.3 is 14.7 Å². The molecule has 2 aromatic rings. The Hall–Kier alpha value is -3.62. The number of fused-ring (bicyclic) bond motifs is 1. The molecule has 4 rings (SSSR count). The van der Waals surface area contributed by atoms with Crippen LogP contribution in [0.15, 0.2) is 46.0 Å². The first-order valence-electron chi connectivity index (χ1n) is 10.0. The molecule has 1 saturated heterocycles. The van der Waals surface area contributed by atoms with Crippen LogP contribution in [0.4, 0.5) is 19.0 Å². The highest BCUT2D eigenvalue weighted by Crippen LogP contribution is 2.35. The van der Waals surface area contributed by atoms with Crippen LogP contribution in [0.3, 0.4) is 0 Å². The lowest BCUT2D eigenvalue weighted by Crippen LogP contribution is -2.52. The fourth-order valence-corrected chi connectivity index (χ4v) is 4.03. The molecule has 1 aliphatic heterocycles. The molecule has 0 amide bonds. The Morgan fingerprint density at radius 1 is 1.38 bits per heavy atom. The van der Waals surface area contributed by atoms with Crippen molar-refractivity contribution in [2.45, 2.75) is 19.5 Å². The molecule has 8 nitrogen and oxygen atoms in total. The Morgan fingerprint density at radius 2 is 2.12 bits per heavy atom. The molecule has 0 aromatic carbocycles. The number of aliphatic imine (C=N–C) groups is 1. The molecule has 3 heterocycles. The molecule has 0 spiro atoms. The van der Waals surface area contributed by atoms with Gasteiger partial charge in [-0.1, -0.05) is 17.7 Å². The van der Waals surface area contributed by atoms with E-state index in [2.05, 4.69) is 15.1 Å². The van der Waals surface area contributed by atoms with Crippen LogP contribution in [0, 0.1) is 18.3 Å². The van der Waals surface area contributed by atoms with Gasteiger partial charge >= 0.3 is 0 Å². The van der Waals surface area contributed by atoms with Gasteiger partial charge in [-0.05, 0) is 19.1 Å². The van der Waals surface area contributed by atoms with E-state index in [-0.39, 0.29) is 47.1 Å². The van der Waals surface area contributed by atoms with Crippen LogP contribution in [-0.2, 0) is 4.74 Å². The number of aliphatic hydroxyl groups excluding tert-OH is 1. The summed E-state index contributed by atoms with van der Waals surface area (Å²) in [7, 11) is 1.40. The Labute approximate surface area is 197 Å². The van der Waals surface area contributed by atoms with Gasteiger partial charge in [-0.25, -0.2) is 23.1 Å². The van der Waals surface area contributed by atoms with Gasteiger partial charge in [-0.2, -0.15) is 14.9 Å². The molecule has 1 N–H and O–H groups in total. The number of aliphatic hydroxyl groups is 1. The van der Waals surface area contributed by atoms with E-state index in [9.17, 15) is 23.5 Å². The van der Waals surface area contributed by atoms with Crippen LogP contribution in [0.5, 0.6) is 0 Å². The van der Waals surface area contributed by atoms with Crippen molar-refractivity contribution in [3.8, 4) is 6.07 Å². The molecule has 2 aliphatic rings. The van der Waals surface area contributed by atoms with Gasteiger partial charge in [0.1, 0.15) is 35.2 Å². The molecule has 0 unspecified atom stereocenters. The summed E-state index contributed by atoms with van der Waals surface area (Å²) in [4.78, 5) is 10.2. The average molecular weight is 491 g/mol. The molecule has 176 valence electrons. The summed E-state index contributed by atoms with van der Waals surface area (Å²) in [6.07, 6.45) is 2.51. The molecule has 12 heteroatoms. The predicted octanol–water partition coefficient (Wildman–Crippen LogP) is 3.96. The second kappa shape index (κ2) is 9.32. The number of anilines is 1. The third-order valence-electron chi connectivity index (χ3n) is 5.35. The van der Waals surface area contributed by atoms with E-state index in [1.165, 1.54) is 11.6 Å². The maximum absolute atomic E-state index is 13.6. The summed E-state index contributed by atoms with van der Waals surface area (Å²) in [6, 6.07) is 1.77. The Morgan fingerprint density at radius 3 is 2.71 bits per heavy atom. The normalized spacial score (nSPS) is 19.2. The van der Waals surface area contributed by atoms with Gasteiger partial charge in [0.25, 0.3) is 6.43 Å². The molecule has 0 atom stereocenters. The lowest BCUT2D eigenvalue weighted by atomic mass is 9.99. The summed E-state index contributed by atoms with van der Waals surface area (Å²) >= 11 is 6.21. The summed E-state index contributed by atoms with van der Waals surface area (Å²) in [5.74, 6) is 0.587. The number of halogens is 4. The van der Waals surface area contributed by atoms with Crippen LogP contribution in [0.1, 0.15) is 28.9 Å². The van der Waals surface area contributed by atoms with Crippen molar-refractivity contribution in [3.63, 3.8) is 0 Å². The zero-order valence-corrected chi connectivity index (χ0v) is 18.8. The number of rotatable bonds is 5. The first-order chi connectivity index (χ1) is 16.3. The number of nitrogens with zero attached hydrogens (tertiary/aromatic N) is 6. The number of methoxy groups -OCH3 is 1. The highest BCUT2D eigenvalue weighted by atomic mass is 35.5. The van der Waals surface area contributed by atoms with Gasteiger partial charge in [0.15, 0.2) is 11.4 Å². The number of ether oxygens (including phenoxy) is 1. The van der Waals surface area contributed by atoms with Gasteiger partial charge in [-0.15, -0.1) is 0 Å². The van der Waals surface area contributed by atoms with Gasteiger partial charge in [-0.3, -0.25) is 0 Å². The second-order valence-corrected chi connectivity index (χ2v) is 7.88. The minimum Gasteiger partial charge on any atom is -0.493 e. The van der Waals surface area contributed by atoms with Crippen LogP contribution in [0.2, 0.25) is 0 Å². The molecule has 1 aliphatic carbocycles. The van der Waals surface area contributed by atoms with E-state index < -0.39 is 18.2 Å². The second-order valence-electron chi connectivity index (χ2n) is 7.47. The molecular formula is C22H18ClF3N6O2. The van der Waals surface area contributed by atoms with Crippen molar-refractivity contribution in [1.82, 2.24) is 14.6 Å². The van der Waals surface area contributed by atoms with Crippen molar-refractivity contribution in [3.05, 3.63) is 63.6 Å². The molecule has 34 heavy (non-hydrogen) atoms. The maximum atomic E-state index is 13.6. The van der Waals surface area contributed by atoms with Gasteiger partial charge in [0.05, 0.1) is 30.1 Å². The minimum atomic E-state index is -2.97. The van der Waals surface area contributed by atoms with Crippen LogP contribution < -0.4 is 4.90 Å². The molecule has 0 saturated carbocycles. The van der Waals surface area contributed by atoms with Crippen molar-refractivity contribution in [1.29, 1.82) is 5.26 Å². The lowest BCUT2D eigenvalue weighted by molar-refractivity contribution is 0.139. The van der Waals surface area contributed by atoms with Gasteiger partial charge in [0.2, 0.25) is 0 Å². The smallest absolute Gasteiger partial charge is 0.283 e. The van der Waals surface area contributed by atoms with Crippen molar-refractivity contribution < 1.29 is 23.0 Å². The zero-order chi connectivity index (χ0) is 24.6. The zero-order valence-electron chi connectivity index (χ0n) is 18.0. The number of alkyl halides is 2. The third kappa shape index (κ3) is 3.95. The first kappa shape index (κ1) is 23.5. The van der Waals surface area contributed by atoms with E-state index >= 15 is 0 Å². The number of hydrogen-bond acceptors (Lipinski definition) is 7. The van der Waals surface area contributed by atoms with Crippen LogP contribution in [-0.4, -0.2) is 51.7 Å². The van der Waals surface area contributed by atoms with E-state index in [1.54, 1.807) is 36.1 Å². The molecule has 2 aromatic heterocycles. The molecule has 0 bridgehead atoms. The molecule has 0 radical (unpaired) electrons. The quantitative estimate of drug-likeness (QED) is 0.681. The molecule has 1 fully saturated rings. The topological polar surface area (TPSA) is 99.0 Å². The number of aromatic nitrogens is 3. The highest BCUT2D eigenvalue weighted by Gasteiger charge is 2.32. The maximum Gasteiger partial charge on any atom is 0.283 e. The first-order valence-corrected chi connectivity index (χ1v) is 10.4.